The number of urea groups is 1. The Morgan fingerprint density at radius 1 is 1.04 bits per heavy atom. The van der Waals surface area contributed by atoms with Gasteiger partial charge in [0.15, 0.2) is 0 Å². The highest BCUT2D eigenvalue weighted by atomic mass is 16.2. The van der Waals surface area contributed by atoms with Crippen molar-refractivity contribution in [3.63, 3.8) is 0 Å². The van der Waals surface area contributed by atoms with E-state index in [2.05, 4.69) is 25.1 Å². The molecule has 1 N–H and O–H groups in total. The Bertz CT molecular complexity index is 559. The quantitative estimate of drug-likeness (QED) is 0.874. The van der Waals surface area contributed by atoms with Crippen LogP contribution in [0.25, 0.3) is 0 Å². The van der Waals surface area contributed by atoms with E-state index in [1.54, 1.807) is 18.6 Å². The molecule has 1 aromatic rings. The second-order valence-corrected chi connectivity index (χ2v) is 6.98. The number of carbonyl (C=O) groups is 1. The molecule has 4 heterocycles. The molecule has 0 saturated carbocycles. The lowest BCUT2D eigenvalue weighted by atomic mass is 9.99. The first-order valence-electron chi connectivity index (χ1n) is 9.12. The number of fused-ring (bicyclic) bond motifs is 1. The molecule has 130 valence electrons. The maximum Gasteiger partial charge on any atom is 0.317 e. The largest absolute Gasteiger partial charge is 0.352 e. The summed E-state index contributed by atoms with van der Waals surface area (Å²) in [5.74, 6) is 0.895. The van der Waals surface area contributed by atoms with Gasteiger partial charge >= 0.3 is 6.03 Å². The first-order valence-corrected chi connectivity index (χ1v) is 9.12. The molecule has 7 nitrogen and oxygen atoms in total. The smallest absolute Gasteiger partial charge is 0.317 e. The number of hydrogen-bond donors (Lipinski definition) is 1. The molecule has 3 saturated heterocycles. The lowest BCUT2D eigenvalue weighted by molar-refractivity contribution is 0.165. The van der Waals surface area contributed by atoms with E-state index in [0.29, 0.717) is 12.1 Å². The van der Waals surface area contributed by atoms with Crippen LogP contribution < -0.4 is 10.2 Å². The van der Waals surface area contributed by atoms with Crippen LogP contribution in [0, 0.1) is 0 Å². The van der Waals surface area contributed by atoms with Gasteiger partial charge in [-0.15, -0.1) is 0 Å². The molecule has 2 amide bonds. The van der Waals surface area contributed by atoms with Gasteiger partial charge < -0.3 is 15.1 Å². The summed E-state index contributed by atoms with van der Waals surface area (Å²) in [7, 11) is 0. The highest BCUT2D eigenvalue weighted by Gasteiger charge is 2.37. The average molecular weight is 330 g/mol. The Kier molecular flexibility index (Phi) is 4.51. The third-order valence-corrected chi connectivity index (χ3v) is 5.61. The second-order valence-electron chi connectivity index (χ2n) is 6.98. The Balaban J connectivity index is 1.29. The summed E-state index contributed by atoms with van der Waals surface area (Å²) in [6.45, 7) is 5.44. The molecule has 0 bridgehead atoms. The van der Waals surface area contributed by atoms with Crippen molar-refractivity contribution in [1.29, 1.82) is 0 Å². The molecular formula is C17H26N6O. The number of nitrogens with one attached hydrogen (secondary N) is 1. The highest BCUT2D eigenvalue weighted by molar-refractivity contribution is 5.75. The fraction of sp³-hybridized carbons (Fsp3) is 0.706. The van der Waals surface area contributed by atoms with Crippen molar-refractivity contribution in [2.24, 2.45) is 0 Å². The van der Waals surface area contributed by atoms with E-state index in [1.807, 2.05) is 4.90 Å². The molecule has 1 aromatic heterocycles. The maximum atomic E-state index is 12.6. The predicted octanol–water partition coefficient (Wildman–Crippen LogP) is 0.935. The van der Waals surface area contributed by atoms with Crippen molar-refractivity contribution in [3.8, 4) is 0 Å². The Morgan fingerprint density at radius 2 is 1.92 bits per heavy atom. The lowest BCUT2D eigenvalue weighted by Crippen LogP contribution is -2.55. The lowest BCUT2D eigenvalue weighted by Gasteiger charge is -2.37. The molecule has 2 atom stereocenters. The van der Waals surface area contributed by atoms with E-state index in [9.17, 15) is 4.79 Å². The monoisotopic (exact) mass is 330 g/mol. The van der Waals surface area contributed by atoms with E-state index < -0.39 is 0 Å². The molecule has 0 radical (unpaired) electrons. The van der Waals surface area contributed by atoms with Gasteiger partial charge in [0, 0.05) is 57.2 Å². The van der Waals surface area contributed by atoms with Crippen molar-refractivity contribution in [2.45, 2.75) is 37.8 Å². The SMILES string of the molecule is O=C(NC1CCN2CCCCC12)N1CCN(c2cnccn2)CC1. The minimum atomic E-state index is 0.103. The van der Waals surface area contributed by atoms with Gasteiger partial charge in [0.25, 0.3) is 0 Å². The van der Waals surface area contributed by atoms with Crippen molar-refractivity contribution in [3.05, 3.63) is 18.6 Å². The molecule has 0 spiro atoms. The van der Waals surface area contributed by atoms with Gasteiger partial charge in [-0.3, -0.25) is 9.88 Å². The first-order chi connectivity index (χ1) is 11.8. The van der Waals surface area contributed by atoms with Gasteiger partial charge in [-0.05, 0) is 25.8 Å². The number of hydrogen-bond acceptors (Lipinski definition) is 5. The van der Waals surface area contributed by atoms with Crippen LogP contribution in [-0.4, -0.2) is 77.2 Å². The standard InChI is InChI=1S/C17H26N6O/c24-17(20-14-4-8-21-7-2-1-3-15(14)21)23-11-9-22(10-12-23)16-13-18-5-6-19-16/h5-6,13-15H,1-4,7-12H2,(H,20,24). The number of anilines is 1. The Morgan fingerprint density at radius 3 is 2.71 bits per heavy atom. The number of carbonyl (C=O) groups excluding carboxylic acids is 1. The normalized spacial score (nSPS) is 27.8. The van der Waals surface area contributed by atoms with Crippen LogP contribution in [0.2, 0.25) is 0 Å². The highest BCUT2D eigenvalue weighted by Crippen LogP contribution is 2.27. The molecule has 3 aliphatic rings. The third kappa shape index (κ3) is 3.17. The first kappa shape index (κ1) is 15.6. The van der Waals surface area contributed by atoms with Crippen LogP contribution in [0.5, 0.6) is 0 Å². The number of piperazine rings is 1. The molecular weight excluding hydrogens is 304 g/mol. The zero-order valence-electron chi connectivity index (χ0n) is 14.1. The van der Waals surface area contributed by atoms with Crippen LogP contribution in [0.3, 0.4) is 0 Å². The van der Waals surface area contributed by atoms with E-state index >= 15 is 0 Å². The molecule has 0 aromatic carbocycles. The predicted molar refractivity (Wildman–Crippen MR) is 92.0 cm³/mol. The average Bonchev–Trinajstić information content (AvgIpc) is 3.06. The zero-order chi connectivity index (χ0) is 16.4. The fourth-order valence-corrected chi connectivity index (χ4v) is 4.26. The second kappa shape index (κ2) is 6.93. The van der Waals surface area contributed by atoms with Crippen LogP contribution >= 0.6 is 0 Å². The molecule has 0 aliphatic carbocycles. The van der Waals surface area contributed by atoms with Gasteiger partial charge in [0.2, 0.25) is 0 Å². The Labute approximate surface area is 143 Å². The van der Waals surface area contributed by atoms with Crippen LogP contribution in [0.4, 0.5) is 10.6 Å². The van der Waals surface area contributed by atoms with Crippen LogP contribution in [-0.2, 0) is 0 Å². The number of piperidine rings is 1. The number of nitrogens with zero attached hydrogens (tertiary/aromatic N) is 5. The summed E-state index contributed by atoms with van der Waals surface area (Å²) in [6.07, 6.45) is 10.1. The molecule has 3 aliphatic heterocycles. The Hall–Kier alpha value is -1.89. The van der Waals surface area contributed by atoms with Gasteiger partial charge in [0.1, 0.15) is 5.82 Å². The van der Waals surface area contributed by atoms with E-state index in [4.69, 9.17) is 0 Å². The van der Waals surface area contributed by atoms with Gasteiger partial charge in [-0.25, -0.2) is 9.78 Å². The summed E-state index contributed by atoms with van der Waals surface area (Å²) >= 11 is 0. The maximum absolute atomic E-state index is 12.6. The minimum Gasteiger partial charge on any atom is -0.352 e. The molecule has 4 rings (SSSR count). The number of amides is 2. The summed E-state index contributed by atoms with van der Waals surface area (Å²) < 4.78 is 0. The molecule has 2 unspecified atom stereocenters. The topological polar surface area (TPSA) is 64.6 Å². The van der Waals surface area contributed by atoms with Crippen molar-refractivity contribution in [2.75, 3.05) is 44.2 Å². The molecule has 3 fully saturated rings. The van der Waals surface area contributed by atoms with E-state index in [0.717, 1.165) is 45.0 Å². The van der Waals surface area contributed by atoms with Crippen molar-refractivity contribution in [1.82, 2.24) is 25.1 Å². The molecule has 24 heavy (non-hydrogen) atoms. The van der Waals surface area contributed by atoms with Crippen molar-refractivity contribution >= 4 is 11.8 Å². The van der Waals surface area contributed by atoms with E-state index in [1.165, 1.54) is 25.8 Å². The summed E-state index contributed by atoms with van der Waals surface area (Å²) in [5.41, 5.74) is 0. The molecule has 7 heteroatoms. The van der Waals surface area contributed by atoms with Gasteiger partial charge in [-0.1, -0.05) is 6.42 Å². The summed E-state index contributed by atoms with van der Waals surface area (Å²) in [4.78, 5) is 27.8. The fourth-order valence-electron chi connectivity index (χ4n) is 4.26. The van der Waals surface area contributed by atoms with Crippen LogP contribution in [0.15, 0.2) is 18.6 Å². The third-order valence-electron chi connectivity index (χ3n) is 5.61. The van der Waals surface area contributed by atoms with Crippen molar-refractivity contribution < 1.29 is 4.79 Å². The number of rotatable bonds is 2. The zero-order valence-corrected chi connectivity index (χ0v) is 14.1. The summed E-state index contributed by atoms with van der Waals surface area (Å²) in [5, 5.41) is 3.30. The van der Waals surface area contributed by atoms with Gasteiger partial charge in [0.05, 0.1) is 6.20 Å². The summed E-state index contributed by atoms with van der Waals surface area (Å²) in [6, 6.07) is 0.991. The van der Waals surface area contributed by atoms with Gasteiger partial charge in [-0.2, -0.15) is 0 Å². The number of aromatic nitrogens is 2. The minimum absolute atomic E-state index is 0.103. The van der Waals surface area contributed by atoms with Crippen LogP contribution in [0.1, 0.15) is 25.7 Å². The van der Waals surface area contributed by atoms with E-state index in [-0.39, 0.29) is 6.03 Å².